The molecule has 22 heavy (non-hydrogen) atoms. The molecule has 0 radical (unpaired) electrons. The molecule has 1 N–H and O–H groups in total. The maximum atomic E-state index is 11.7. The van der Waals surface area contributed by atoms with Gasteiger partial charge in [0, 0.05) is 19.7 Å². The van der Waals surface area contributed by atoms with Gasteiger partial charge in [0.15, 0.2) is 0 Å². The highest BCUT2D eigenvalue weighted by Crippen LogP contribution is 2.36. The molecule has 0 saturated carbocycles. The van der Waals surface area contributed by atoms with Crippen molar-refractivity contribution in [3.8, 4) is 0 Å². The Morgan fingerprint density at radius 3 is 2.95 bits per heavy atom. The normalized spacial score (nSPS) is 21.1. The van der Waals surface area contributed by atoms with Crippen molar-refractivity contribution in [1.82, 2.24) is 24.5 Å². The fourth-order valence-corrected chi connectivity index (χ4v) is 2.87. The second kappa shape index (κ2) is 5.75. The zero-order chi connectivity index (χ0) is 15.6. The summed E-state index contributed by atoms with van der Waals surface area (Å²) in [5.74, 6) is -0.752. The van der Waals surface area contributed by atoms with Crippen LogP contribution in [0.3, 0.4) is 0 Å². The average Bonchev–Trinajstić information content (AvgIpc) is 3.10. The van der Waals surface area contributed by atoms with Gasteiger partial charge in [-0.05, 0) is 19.3 Å². The minimum Gasteiger partial charge on any atom is -0.481 e. The van der Waals surface area contributed by atoms with Gasteiger partial charge in [-0.2, -0.15) is 0 Å². The lowest BCUT2D eigenvalue weighted by molar-refractivity contribution is -0.149. The number of imidazole rings is 1. The first kappa shape index (κ1) is 14.5. The zero-order valence-electron chi connectivity index (χ0n) is 12.5. The second-order valence-electron chi connectivity index (χ2n) is 5.88. The Hall–Kier alpha value is -2.44. The van der Waals surface area contributed by atoms with Gasteiger partial charge in [-0.25, -0.2) is 9.67 Å². The highest BCUT2D eigenvalue weighted by atomic mass is 16.4. The molecule has 7 nitrogen and oxygen atoms in total. The summed E-state index contributed by atoms with van der Waals surface area (Å²) in [5, 5.41) is 17.8. The number of carboxylic acids is 1. The lowest BCUT2D eigenvalue weighted by Crippen LogP contribution is -2.34. The van der Waals surface area contributed by atoms with Gasteiger partial charge in [0.1, 0.15) is 0 Å². The van der Waals surface area contributed by atoms with E-state index in [0.717, 1.165) is 17.8 Å². The summed E-state index contributed by atoms with van der Waals surface area (Å²) in [5.41, 5.74) is 0.993. The van der Waals surface area contributed by atoms with Crippen LogP contribution in [0.1, 0.15) is 30.7 Å². The summed E-state index contributed by atoms with van der Waals surface area (Å²) >= 11 is 0. The summed E-state index contributed by atoms with van der Waals surface area (Å²) in [7, 11) is 1.92. The number of carboxylic acid groups (broad SMARTS) is 1. The Morgan fingerprint density at radius 2 is 2.32 bits per heavy atom. The Kier molecular flexibility index (Phi) is 3.79. The summed E-state index contributed by atoms with van der Waals surface area (Å²) in [6.45, 7) is 0.573. The largest absolute Gasteiger partial charge is 0.481 e. The lowest BCUT2D eigenvalue weighted by atomic mass is 9.74. The van der Waals surface area contributed by atoms with Gasteiger partial charge < -0.3 is 9.67 Å². The van der Waals surface area contributed by atoms with E-state index in [0.29, 0.717) is 25.8 Å². The molecule has 0 spiro atoms. The molecule has 0 saturated heterocycles. The number of hydrogen-bond donors (Lipinski definition) is 1. The van der Waals surface area contributed by atoms with Crippen LogP contribution < -0.4 is 0 Å². The van der Waals surface area contributed by atoms with Crippen molar-refractivity contribution in [2.24, 2.45) is 12.5 Å². The van der Waals surface area contributed by atoms with Crippen molar-refractivity contribution in [2.75, 3.05) is 0 Å². The number of nitrogens with zero attached hydrogens (tertiary/aromatic N) is 5. The topological polar surface area (TPSA) is 85.8 Å². The summed E-state index contributed by atoms with van der Waals surface area (Å²) in [4.78, 5) is 15.8. The van der Waals surface area contributed by atoms with Crippen LogP contribution in [0.4, 0.5) is 0 Å². The molecule has 7 heteroatoms. The predicted octanol–water partition coefficient (Wildman–Crippen LogP) is 1.41. The van der Waals surface area contributed by atoms with Crippen molar-refractivity contribution in [2.45, 2.75) is 32.2 Å². The average molecular weight is 301 g/mol. The van der Waals surface area contributed by atoms with Crippen LogP contribution in [0.15, 0.2) is 30.9 Å². The third-order valence-corrected chi connectivity index (χ3v) is 4.26. The Morgan fingerprint density at radius 1 is 1.45 bits per heavy atom. The standard InChI is InChI=1S/C15H19N5O2/c1-19-11-16-8-13(19)10-20-9-12(17-18-20)7-15(14(21)22)5-3-2-4-6-15/h2-3,8-9,11H,4-7,10H2,1H3,(H,21,22). The molecule has 0 aliphatic heterocycles. The Balaban J connectivity index is 1.74. The maximum Gasteiger partial charge on any atom is 0.310 e. The quantitative estimate of drug-likeness (QED) is 0.844. The number of carbonyl (C=O) groups is 1. The van der Waals surface area contributed by atoms with Gasteiger partial charge in [-0.15, -0.1) is 5.10 Å². The van der Waals surface area contributed by atoms with E-state index in [1.54, 1.807) is 17.2 Å². The molecular formula is C15H19N5O2. The molecule has 1 aliphatic rings. The first-order valence-electron chi connectivity index (χ1n) is 7.32. The SMILES string of the molecule is Cn1cncc1Cn1cc(CC2(C(=O)O)CC=CCC2)nn1. The van der Waals surface area contributed by atoms with E-state index in [1.165, 1.54) is 0 Å². The number of aryl methyl sites for hydroxylation is 1. The molecule has 0 bridgehead atoms. The molecule has 116 valence electrons. The maximum absolute atomic E-state index is 11.7. The monoisotopic (exact) mass is 301 g/mol. The highest BCUT2D eigenvalue weighted by Gasteiger charge is 2.39. The van der Waals surface area contributed by atoms with Gasteiger partial charge in [0.25, 0.3) is 0 Å². The van der Waals surface area contributed by atoms with Crippen LogP contribution in [0.25, 0.3) is 0 Å². The molecule has 3 rings (SSSR count). The number of rotatable bonds is 5. The van der Waals surface area contributed by atoms with Gasteiger partial charge in [-0.3, -0.25) is 4.79 Å². The first-order valence-corrected chi connectivity index (χ1v) is 7.32. The van der Waals surface area contributed by atoms with Crippen LogP contribution in [0.2, 0.25) is 0 Å². The van der Waals surface area contributed by atoms with Crippen LogP contribution in [-0.4, -0.2) is 35.6 Å². The molecule has 0 fully saturated rings. The first-order chi connectivity index (χ1) is 10.6. The fourth-order valence-electron chi connectivity index (χ4n) is 2.87. The molecule has 0 amide bonds. The minimum absolute atomic E-state index is 0.415. The predicted molar refractivity (Wildman–Crippen MR) is 79.1 cm³/mol. The smallest absolute Gasteiger partial charge is 0.310 e. The molecule has 2 aromatic rings. The van der Waals surface area contributed by atoms with Crippen molar-refractivity contribution < 1.29 is 9.90 Å². The van der Waals surface area contributed by atoms with E-state index in [2.05, 4.69) is 15.3 Å². The summed E-state index contributed by atoms with van der Waals surface area (Å²) in [6.07, 6.45) is 11.8. The van der Waals surface area contributed by atoms with E-state index in [9.17, 15) is 9.90 Å². The van der Waals surface area contributed by atoms with Gasteiger partial charge >= 0.3 is 5.97 Å². The van der Waals surface area contributed by atoms with Gasteiger partial charge in [0.05, 0.1) is 35.9 Å². The highest BCUT2D eigenvalue weighted by molar-refractivity contribution is 5.75. The van der Waals surface area contributed by atoms with Crippen molar-refractivity contribution >= 4 is 5.97 Å². The number of aliphatic carboxylic acids is 1. The van der Waals surface area contributed by atoms with E-state index in [1.807, 2.05) is 30.0 Å². The van der Waals surface area contributed by atoms with Crippen LogP contribution >= 0.6 is 0 Å². The second-order valence-corrected chi connectivity index (χ2v) is 5.88. The third-order valence-electron chi connectivity index (χ3n) is 4.26. The molecule has 2 heterocycles. The van der Waals surface area contributed by atoms with Crippen molar-refractivity contribution in [3.05, 3.63) is 42.3 Å². The number of aromatic nitrogens is 5. The van der Waals surface area contributed by atoms with Crippen molar-refractivity contribution in [3.63, 3.8) is 0 Å². The lowest BCUT2D eigenvalue weighted by Gasteiger charge is -2.29. The molecule has 2 aromatic heterocycles. The van der Waals surface area contributed by atoms with Crippen molar-refractivity contribution in [1.29, 1.82) is 0 Å². The molecule has 1 aliphatic carbocycles. The summed E-state index contributed by atoms with van der Waals surface area (Å²) < 4.78 is 3.65. The third kappa shape index (κ3) is 2.79. The zero-order valence-corrected chi connectivity index (χ0v) is 12.5. The van der Waals surface area contributed by atoms with E-state index in [4.69, 9.17) is 0 Å². The number of allylic oxidation sites excluding steroid dienone is 2. The fraction of sp³-hybridized carbons (Fsp3) is 0.467. The van der Waals surface area contributed by atoms with Crippen LogP contribution in [0, 0.1) is 5.41 Å². The molecule has 0 aromatic carbocycles. The molecule has 1 unspecified atom stereocenters. The van der Waals surface area contributed by atoms with E-state index < -0.39 is 11.4 Å². The summed E-state index contributed by atoms with van der Waals surface area (Å²) in [6, 6.07) is 0. The molecule has 1 atom stereocenters. The van der Waals surface area contributed by atoms with E-state index >= 15 is 0 Å². The van der Waals surface area contributed by atoms with Gasteiger partial charge in [0.2, 0.25) is 0 Å². The van der Waals surface area contributed by atoms with Crippen LogP contribution in [-0.2, 0) is 24.8 Å². The molecular weight excluding hydrogens is 282 g/mol. The Labute approximate surface area is 128 Å². The Bertz CT molecular complexity index is 702. The van der Waals surface area contributed by atoms with E-state index in [-0.39, 0.29) is 0 Å². The van der Waals surface area contributed by atoms with Crippen LogP contribution in [0.5, 0.6) is 0 Å². The van der Waals surface area contributed by atoms with Gasteiger partial charge in [-0.1, -0.05) is 17.4 Å². The minimum atomic E-state index is -0.752. The number of hydrogen-bond acceptors (Lipinski definition) is 4.